The fourth-order valence-electron chi connectivity index (χ4n) is 2.90. The summed E-state index contributed by atoms with van der Waals surface area (Å²) in [4.78, 5) is 0. The summed E-state index contributed by atoms with van der Waals surface area (Å²) < 4.78 is 13.5. The van der Waals surface area contributed by atoms with Crippen molar-refractivity contribution in [2.75, 3.05) is 0 Å². The molecular weight excluding hydrogens is 213 g/mol. The molecule has 2 heteroatoms. The van der Waals surface area contributed by atoms with E-state index in [1.54, 1.807) is 13.0 Å². The molecule has 0 heterocycles. The second-order valence-electron chi connectivity index (χ2n) is 5.57. The summed E-state index contributed by atoms with van der Waals surface area (Å²) in [6, 6.07) is 5.41. The highest BCUT2D eigenvalue weighted by Gasteiger charge is 2.25. The standard InChI is InChI=1S/C15H22FN/c1-10-4-3-5-12(8-10)15(17)13-7-6-11(2)14(16)9-13/h6-7,9-10,12,15H,3-5,8,17H2,1-2H3. The van der Waals surface area contributed by atoms with Crippen molar-refractivity contribution < 1.29 is 4.39 Å². The first-order valence-electron chi connectivity index (χ1n) is 6.59. The third-order valence-corrected chi connectivity index (χ3v) is 4.07. The fraction of sp³-hybridized carbons (Fsp3) is 0.600. The van der Waals surface area contributed by atoms with E-state index in [4.69, 9.17) is 5.73 Å². The molecule has 3 unspecified atom stereocenters. The first-order chi connectivity index (χ1) is 8.08. The number of hydrogen-bond acceptors (Lipinski definition) is 1. The van der Waals surface area contributed by atoms with Gasteiger partial charge in [-0.05, 0) is 48.8 Å². The molecule has 2 N–H and O–H groups in total. The Kier molecular flexibility index (Phi) is 3.82. The number of rotatable bonds is 2. The van der Waals surface area contributed by atoms with Gasteiger partial charge in [-0.2, -0.15) is 0 Å². The van der Waals surface area contributed by atoms with Gasteiger partial charge in [0.05, 0.1) is 0 Å². The maximum Gasteiger partial charge on any atom is 0.126 e. The zero-order valence-corrected chi connectivity index (χ0v) is 10.7. The smallest absolute Gasteiger partial charge is 0.126 e. The zero-order chi connectivity index (χ0) is 12.4. The number of halogens is 1. The molecule has 0 saturated heterocycles. The van der Waals surface area contributed by atoms with Crippen molar-refractivity contribution in [3.63, 3.8) is 0 Å². The van der Waals surface area contributed by atoms with Crippen LogP contribution in [0.15, 0.2) is 18.2 Å². The molecule has 0 spiro atoms. The zero-order valence-electron chi connectivity index (χ0n) is 10.7. The second-order valence-corrected chi connectivity index (χ2v) is 5.57. The van der Waals surface area contributed by atoms with Crippen molar-refractivity contribution in [1.82, 2.24) is 0 Å². The van der Waals surface area contributed by atoms with E-state index in [1.807, 2.05) is 12.1 Å². The van der Waals surface area contributed by atoms with Gasteiger partial charge in [-0.1, -0.05) is 31.9 Å². The van der Waals surface area contributed by atoms with Crippen molar-refractivity contribution in [3.8, 4) is 0 Å². The minimum absolute atomic E-state index is 0.00662. The highest BCUT2D eigenvalue weighted by Crippen LogP contribution is 2.36. The highest BCUT2D eigenvalue weighted by atomic mass is 19.1. The molecule has 0 radical (unpaired) electrons. The van der Waals surface area contributed by atoms with Gasteiger partial charge in [0, 0.05) is 6.04 Å². The SMILES string of the molecule is Cc1ccc(C(N)C2CCCC(C)C2)cc1F. The summed E-state index contributed by atoms with van der Waals surface area (Å²) in [6.45, 7) is 4.07. The molecule has 1 aliphatic carbocycles. The van der Waals surface area contributed by atoms with Crippen molar-refractivity contribution in [2.24, 2.45) is 17.6 Å². The van der Waals surface area contributed by atoms with Gasteiger partial charge in [-0.3, -0.25) is 0 Å². The Bertz CT molecular complexity index is 389. The Morgan fingerprint density at radius 2 is 2.12 bits per heavy atom. The van der Waals surface area contributed by atoms with Crippen LogP contribution >= 0.6 is 0 Å². The van der Waals surface area contributed by atoms with Gasteiger partial charge in [-0.25, -0.2) is 4.39 Å². The normalized spacial score (nSPS) is 26.8. The molecule has 1 fully saturated rings. The van der Waals surface area contributed by atoms with E-state index >= 15 is 0 Å². The Morgan fingerprint density at radius 3 is 2.76 bits per heavy atom. The average molecular weight is 235 g/mol. The molecule has 2 rings (SSSR count). The van der Waals surface area contributed by atoms with Crippen molar-refractivity contribution in [1.29, 1.82) is 0 Å². The van der Waals surface area contributed by atoms with Gasteiger partial charge in [0.1, 0.15) is 5.82 Å². The number of benzene rings is 1. The van der Waals surface area contributed by atoms with Crippen LogP contribution in [0.3, 0.4) is 0 Å². The third kappa shape index (κ3) is 2.86. The van der Waals surface area contributed by atoms with Crippen molar-refractivity contribution >= 4 is 0 Å². The Morgan fingerprint density at radius 1 is 1.35 bits per heavy atom. The molecule has 1 aromatic carbocycles. The second kappa shape index (κ2) is 5.18. The molecular formula is C15H22FN. The highest BCUT2D eigenvalue weighted by molar-refractivity contribution is 5.26. The predicted molar refractivity (Wildman–Crippen MR) is 69.2 cm³/mol. The lowest BCUT2D eigenvalue weighted by molar-refractivity contribution is 0.247. The minimum atomic E-state index is -0.137. The van der Waals surface area contributed by atoms with E-state index in [0.717, 1.165) is 11.5 Å². The first-order valence-corrected chi connectivity index (χ1v) is 6.59. The van der Waals surface area contributed by atoms with E-state index in [-0.39, 0.29) is 11.9 Å². The maximum absolute atomic E-state index is 13.5. The molecule has 0 amide bonds. The van der Waals surface area contributed by atoms with E-state index in [1.165, 1.54) is 25.7 Å². The van der Waals surface area contributed by atoms with E-state index in [2.05, 4.69) is 6.92 Å². The van der Waals surface area contributed by atoms with Gasteiger partial charge in [0.15, 0.2) is 0 Å². The van der Waals surface area contributed by atoms with E-state index in [0.29, 0.717) is 11.5 Å². The van der Waals surface area contributed by atoms with Gasteiger partial charge in [0.2, 0.25) is 0 Å². The lowest BCUT2D eigenvalue weighted by Gasteiger charge is -2.31. The maximum atomic E-state index is 13.5. The molecule has 0 aromatic heterocycles. The molecule has 0 bridgehead atoms. The Balaban J connectivity index is 2.12. The molecule has 94 valence electrons. The topological polar surface area (TPSA) is 26.0 Å². The molecule has 1 aromatic rings. The summed E-state index contributed by atoms with van der Waals surface area (Å²) in [5.41, 5.74) is 7.93. The van der Waals surface area contributed by atoms with Gasteiger partial charge < -0.3 is 5.73 Å². The number of nitrogens with two attached hydrogens (primary N) is 1. The van der Waals surface area contributed by atoms with Crippen LogP contribution in [0.5, 0.6) is 0 Å². The van der Waals surface area contributed by atoms with Gasteiger partial charge in [0.25, 0.3) is 0 Å². The monoisotopic (exact) mass is 235 g/mol. The number of aryl methyl sites for hydroxylation is 1. The minimum Gasteiger partial charge on any atom is -0.324 e. The summed E-state index contributed by atoms with van der Waals surface area (Å²) in [5.74, 6) is 1.14. The van der Waals surface area contributed by atoms with Gasteiger partial charge >= 0.3 is 0 Å². The molecule has 1 saturated carbocycles. The van der Waals surface area contributed by atoms with Crippen LogP contribution in [0.4, 0.5) is 4.39 Å². The van der Waals surface area contributed by atoms with E-state index in [9.17, 15) is 4.39 Å². The third-order valence-electron chi connectivity index (χ3n) is 4.07. The van der Waals surface area contributed by atoms with Crippen LogP contribution in [-0.4, -0.2) is 0 Å². The van der Waals surface area contributed by atoms with Crippen molar-refractivity contribution in [2.45, 2.75) is 45.6 Å². The lowest BCUT2D eigenvalue weighted by atomic mass is 9.77. The first kappa shape index (κ1) is 12.6. The summed E-state index contributed by atoms with van der Waals surface area (Å²) in [6.07, 6.45) is 4.93. The van der Waals surface area contributed by atoms with Crippen LogP contribution in [-0.2, 0) is 0 Å². The fourth-order valence-corrected chi connectivity index (χ4v) is 2.90. The summed E-state index contributed by atoms with van der Waals surface area (Å²) in [5, 5.41) is 0. The van der Waals surface area contributed by atoms with E-state index < -0.39 is 0 Å². The molecule has 1 nitrogen and oxygen atoms in total. The van der Waals surface area contributed by atoms with Crippen molar-refractivity contribution in [3.05, 3.63) is 35.1 Å². The Labute approximate surface area is 103 Å². The predicted octanol–water partition coefficient (Wildman–Crippen LogP) is 3.96. The molecule has 1 aliphatic rings. The van der Waals surface area contributed by atoms with Crippen LogP contribution < -0.4 is 5.73 Å². The average Bonchev–Trinajstić information content (AvgIpc) is 2.32. The summed E-state index contributed by atoms with van der Waals surface area (Å²) >= 11 is 0. The molecule has 3 atom stereocenters. The summed E-state index contributed by atoms with van der Waals surface area (Å²) in [7, 11) is 0. The van der Waals surface area contributed by atoms with Crippen LogP contribution in [0.1, 0.15) is 49.8 Å². The lowest BCUT2D eigenvalue weighted by Crippen LogP contribution is -2.26. The molecule has 17 heavy (non-hydrogen) atoms. The largest absolute Gasteiger partial charge is 0.324 e. The molecule has 0 aliphatic heterocycles. The number of hydrogen-bond donors (Lipinski definition) is 1. The Hall–Kier alpha value is -0.890. The van der Waals surface area contributed by atoms with Crippen LogP contribution in [0.25, 0.3) is 0 Å². The van der Waals surface area contributed by atoms with Crippen LogP contribution in [0, 0.1) is 24.6 Å². The van der Waals surface area contributed by atoms with Crippen LogP contribution in [0.2, 0.25) is 0 Å². The van der Waals surface area contributed by atoms with Gasteiger partial charge in [-0.15, -0.1) is 0 Å². The quantitative estimate of drug-likeness (QED) is 0.825.